The summed E-state index contributed by atoms with van der Waals surface area (Å²) in [6.07, 6.45) is -1.84. The van der Waals surface area contributed by atoms with Crippen molar-refractivity contribution >= 4 is 5.97 Å². The van der Waals surface area contributed by atoms with E-state index in [0.29, 0.717) is 5.92 Å². The number of alkyl halides is 1. The second-order valence-corrected chi connectivity index (χ2v) is 4.35. The van der Waals surface area contributed by atoms with Crippen LogP contribution >= 0.6 is 0 Å². The molecule has 2 atom stereocenters. The van der Waals surface area contributed by atoms with E-state index in [2.05, 4.69) is 13.8 Å². The molecule has 0 saturated heterocycles. The van der Waals surface area contributed by atoms with Gasteiger partial charge in [-0.1, -0.05) is 45.0 Å². The van der Waals surface area contributed by atoms with Crippen LogP contribution in [0.2, 0.25) is 0 Å². The highest BCUT2D eigenvalue weighted by Gasteiger charge is 2.25. The highest BCUT2D eigenvalue weighted by atomic mass is 19.1. The van der Waals surface area contributed by atoms with Crippen LogP contribution in [0.1, 0.15) is 43.7 Å². The molecular weight excluding hydrogens is 207 g/mol. The van der Waals surface area contributed by atoms with Gasteiger partial charge in [0, 0.05) is 5.92 Å². The molecule has 0 aliphatic rings. The molecule has 1 N–H and O–H groups in total. The van der Waals surface area contributed by atoms with E-state index in [1.54, 1.807) is 19.1 Å². The minimum Gasteiger partial charge on any atom is -0.479 e. The number of rotatable bonds is 4. The second kappa shape index (κ2) is 5.10. The molecule has 0 bridgehead atoms. The van der Waals surface area contributed by atoms with Crippen molar-refractivity contribution < 1.29 is 14.3 Å². The van der Waals surface area contributed by atoms with E-state index in [9.17, 15) is 9.18 Å². The first-order valence-electron chi connectivity index (χ1n) is 5.40. The lowest BCUT2D eigenvalue weighted by molar-refractivity contribution is -0.143. The van der Waals surface area contributed by atoms with Crippen LogP contribution < -0.4 is 0 Å². The average molecular weight is 224 g/mol. The van der Waals surface area contributed by atoms with Gasteiger partial charge >= 0.3 is 5.97 Å². The second-order valence-electron chi connectivity index (χ2n) is 4.35. The summed E-state index contributed by atoms with van der Waals surface area (Å²) in [5, 5.41) is 8.58. The molecule has 0 aliphatic heterocycles. The maximum Gasteiger partial charge on any atom is 0.338 e. The van der Waals surface area contributed by atoms with Crippen LogP contribution in [0, 0.1) is 0 Å². The Morgan fingerprint density at radius 1 is 1.12 bits per heavy atom. The molecule has 2 nitrogen and oxygen atoms in total. The van der Waals surface area contributed by atoms with Gasteiger partial charge in [0.1, 0.15) is 0 Å². The quantitative estimate of drug-likeness (QED) is 0.851. The number of hydrogen-bond donors (Lipinski definition) is 1. The van der Waals surface area contributed by atoms with E-state index >= 15 is 0 Å². The Bertz CT molecular complexity index is 357. The van der Waals surface area contributed by atoms with E-state index in [4.69, 9.17) is 5.11 Å². The van der Waals surface area contributed by atoms with Gasteiger partial charge in [-0.2, -0.15) is 0 Å². The Kier molecular flexibility index (Phi) is 4.05. The lowest BCUT2D eigenvalue weighted by atomic mass is 9.93. The average Bonchev–Trinajstić information content (AvgIpc) is 2.27. The minimum atomic E-state index is -1.84. The molecule has 1 aromatic carbocycles. The fourth-order valence-corrected chi connectivity index (χ4v) is 1.57. The van der Waals surface area contributed by atoms with Crippen molar-refractivity contribution in [2.75, 3.05) is 0 Å². The highest BCUT2D eigenvalue weighted by Crippen LogP contribution is 2.24. The van der Waals surface area contributed by atoms with Gasteiger partial charge < -0.3 is 5.11 Å². The fourth-order valence-electron chi connectivity index (χ4n) is 1.57. The summed E-state index contributed by atoms with van der Waals surface area (Å²) in [5.74, 6) is -1.59. The zero-order chi connectivity index (χ0) is 12.3. The number of carboxylic acid groups (broad SMARTS) is 1. The van der Waals surface area contributed by atoms with E-state index in [0.717, 1.165) is 5.56 Å². The van der Waals surface area contributed by atoms with Crippen LogP contribution in [0.5, 0.6) is 0 Å². The summed E-state index contributed by atoms with van der Waals surface area (Å²) in [7, 11) is 0. The minimum absolute atomic E-state index is 0.421. The van der Waals surface area contributed by atoms with Crippen molar-refractivity contribution in [2.24, 2.45) is 0 Å². The molecule has 16 heavy (non-hydrogen) atoms. The van der Waals surface area contributed by atoms with Gasteiger partial charge in [-0.15, -0.1) is 0 Å². The molecule has 88 valence electrons. The van der Waals surface area contributed by atoms with Crippen LogP contribution in [0.25, 0.3) is 0 Å². The van der Waals surface area contributed by atoms with Gasteiger partial charge in [0.15, 0.2) is 0 Å². The van der Waals surface area contributed by atoms with Crippen LogP contribution in [0.15, 0.2) is 24.3 Å². The van der Waals surface area contributed by atoms with Crippen LogP contribution in [0.4, 0.5) is 4.39 Å². The summed E-state index contributed by atoms with van der Waals surface area (Å²) in [4.78, 5) is 10.5. The zero-order valence-corrected chi connectivity index (χ0v) is 9.77. The molecular formula is C13H17FO2. The topological polar surface area (TPSA) is 37.3 Å². The zero-order valence-electron chi connectivity index (χ0n) is 9.77. The number of carboxylic acids is 1. The molecule has 0 radical (unpaired) electrons. The van der Waals surface area contributed by atoms with E-state index in [1.165, 1.54) is 5.56 Å². The number of halogens is 1. The van der Waals surface area contributed by atoms with Crippen molar-refractivity contribution in [1.82, 2.24) is 0 Å². The smallest absolute Gasteiger partial charge is 0.338 e. The molecule has 0 spiro atoms. The van der Waals surface area contributed by atoms with E-state index < -0.39 is 18.1 Å². The number of carbonyl (C=O) groups is 1. The first-order chi connectivity index (χ1) is 7.43. The Hall–Kier alpha value is -1.38. The maximum atomic E-state index is 13.3. The van der Waals surface area contributed by atoms with Gasteiger partial charge in [0.2, 0.25) is 6.17 Å². The first-order valence-corrected chi connectivity index (χ1v) is 5.40. The monoisotopic (exact) mass is 224 g/mol. The predicted octanol–water partition coefficient (Wildman–Crippen LogP) is 3.34. The normalized spacial score (nSPS) is 14.8. The Morgan fingerprint density at radius 2 is 1.56 bits per heavy atom. The van der Waals surface area contributed by atoms with E-state index in [-0.39, 0.29) is 0 Å². The fraction of sp³-hybridized carbons (Fsp3) is 0.462. The lowest BCUT2D eigenvalue weighted by Crippen LogP contribution is -2.21. The third-order valence-electron chi connectivity index (χ3n) is 2.80. The summed E-state index contributed by atoms with van der Waals surface area (Å²) in [6, 6.07) is 7.45. The van der Waals surface area contributed by atoms with Crippen molar-refractivity contribution in [3.05, 3.63) is 35.4 Å². The first kappa shape index (κ1) is 12.7. The predicted molar refractivity (Wildman–Crippen MR) is 61.5 cm³/mol. The Morgan fingerprint density at radius 3 is 1.94 bits per heavy atom. The molecule has 0 fully saturated rings. The molecule has 0 heterocycles. The van der Waals surface area contributed by atoms with E-state index in [1.807, 2.05) is 12.1 Å². The van der Waals surface area contributed by atoms with Gasteiger partial charge in [0.25, 0.3) is 0 Å². The molecule has 1 rings (SSSR count). The maximum absolute atomic E-state index is 13.3. The van der Waals surface area contributed by atoms with Gasteiger partial charge in [0.05, 0.1) is 0 Å². The summed E-state index contributed by atoms with van der Waals surface area (Å²) >= 11 is 0. The summed E-state index contributed by atoms with van der Waals surface area (Å²) < 4.78 is 13.3. The van der Waals surface area contributed by atoms with Crippen LogP contribution in [-0.2, 0) is 4.79 Å². The highest BCUT2D eigenvalue weighted by molar-refractivity contribution is 5.73. The molecule has 0 aliphatic carbocycles. The molecule has 0 aromatic heterocycles. The third kappa shape index (κ3) is 2.81. The largest absolute Gasteiger partial charge is 0.479 e. The molecule has 3 heteroatoms. The van der Waals surface area contributed by atoms with Crippen molar-refractivity contribution in [3.63, 3.8) is 0 Å². The molecule has 1 aromatic rings. The van der Waals surface area contributed by atoms with Crippen molar-refractivity contribution in [3.8, 4) is 0 Å². The molecule has 0 amide bonds. The lowest BCUT2D eigenvalue weighted by Gasteiger charge is -2.14. The van der Waals surface area contributed by atoms with Gasteiger partial charge in [-0.05, 0) is 17.0 Å². The number of hydrogen-bond acceptors (Lipinski definition) is 1. The van der Waals surface area contributed by atoms with Crippen molar-refractivity contribution in [2.45, 2.75) is 38.8 Å². The Labute approximate surface area is 95.1 Å². The molecule has 0 saturated carbocycles. The van der Waals surface area contributed by atoms with Crippen LogP contribution in [0.3, 0.4) is 0 Å². The standard InChI is InChI=1S/C13H17FO2/c1-8(2)10-4-6-11(7-5-10)9(3)12(14)13(15)16/h4-9,12H,1-3H3,(H,15,16). The third-order valence-corrected chi connectivity index (χ3v) is 2.80. The van der Waals surface area contributed by atoms with Crippen molar-refractivity contribution in [1.29, 1.82) is 0 Å². The molecule has 2 unspecified atom stereocenters. The number of aliphatic carboxylic acids is 1. The van der Waals surface area contributed by atoms with Crippen LogP contribution in [-0.4, -0.2) is 17.2 Å². The number of benzene rings is 1. The summed E-state index contributed by atoms with van der Waals surface area (Å²) in [5.41, 5.74) is 1.89. The van der Waals surface area contributed by atoms with Gasteiger partial charge in [-0.3, -0.25) is 0 Å². The SMILES string of the molecule is CC(C)c1ccc(C(C)C(F)C(=O)O)cc1. The Balaban J connectivity index is 2.85. The summed E-state index contributed by atoms with van der Waals surface area (Å²) in [6.45, 7) is 5.74. The van der Waals surface area contributed by atoms with Gasteiger partial charge in [-0.25, -0.2) is 9.18 Å².